The summed E-state index contributed by atoms with van der Waals surface area (Å²) < 4.78 is 3.04. The summed E-state index contributed by atoms with van der Waals surface area (Å²) in [6, 6.07) is 6.76. The van der Waals surface area contributed by atoms with Crippen molar-refractivity contribution in [3.8, 4) is 0 Å². The van der Waals surface area contributed by atoms with Gasteiger partial charge in [-0.15, -0.1) is 0 Å². The van der Waals surface area contributed by atoms with Gasteiger partial charge < -0.3 is 9.88 Å². The number of benzene rings is 1. The molecule has 4 rings (SSSR count). The smallest absolute Gasteiger partial charge is 0.165 e. The van der Waals surface area contributed by atoms with E-state index in [1.54, 1.807) is 12.7 Å². The standard InChI is InChI=1S/C15H14BrN5/c1-21-8-19-13-14(17-7-18-15(13)21)20-12-5-2-9-6-10(16)3-4-11(9)12/h3-4,6-8,12H,2,5H2,1H3,(H,17,18,20)/t12-/m1/s1. The molecule has 2 heterocycles. The van der Waals surface area contributed by atoms with E-state index in [-0.39, 0.29) is 6.04 Å². The summed E-state index contributed by atoms with van der Waals surface area (Å²) in [6.45, 7) is 0. The van der Waals surface area contributed by atoms with Crippen molar-refractivity contribution in [3.63, 3.8) is 0 Å². The first-order valence-electron chi connectivity index (χ1n) is 6.89. The number of fused-ring (bicyclic) bond motifs is 2. The monoisotopic (exact) mass is 343 g/mol. The van der Waals surface area contributed by atoms with Crippen LogP contribution in [0.25, 0.3) is 11.2 Å². The van der Waals surface area contributed by atoms with Gasteiger partial charge in [-0.05, 0) is 36.1 Å². The number of aryl methyl sites for hydroxylation is 2. The van der Waals surface area contributed by atoms with Crippen LogP contribution < -0.4 is 5.32 Å². The molecule has 0 radical (unpaired) electrons. The van der Waals surface area contributed by atoms with E-state index in [1.165, 1.54) is 11.1 Å². The van der Waals surface area contributed by atoms with Crippen molar-refractivity contribution >= 4 is 32.9 Å². The lowest BCUT2D eigenvalue weighted by atomic mass is 10.1. The Morgan fingerprint density at radius 2 is 2.19 bits per heavy atom. The van der Waals surface area contributed by atoms with Gasteiger partial charge in [0.2, 0.25) is 0 Å². The summed E-state index contributed by atoms with van der Waals surface area (Å²) >= 11 is 3.53. The van der Waals surface area contributed by atoms with Gasteiger partial charge in [0.25, 0.3) is 0 Å². The Balaban J connectivity index is 1.71. The zero-order chi connectivity index (χ0) is 14.4. The number of anilines is 1. The lowest BCUT2D eigenvalue weighted by Crippen LogP contribution is -2.09. The lowest BCUT2D eigenvalue weighted by Gasteiger charge is -2.15. The summed E-state index contributed by atoms with van der Waals surface area (Å²) in [6.07, 6.45) is 5.51. The van der Waals surface area contributed by atoms with Gasteiger partial charge in [-0.3, -0.25) is 0 Å². The predicted molar refractivity (Wildman–Crippen MR) is 85.1 cm³/mol. The molecule has 3 aromatic rings. The number of hydrogen-bond acceptors (Lipinski definition) is 4. The Morgan fingerprint density at radius 1 is 1.29 bits per heavy atom. The van der Waals surface area contributed by atoms with Crippen LogP contribution in [0.2, 0.25) is 0 Å². The first-order chi connectivity index (χ1) is 10.2. The minimum absolute atomic E-state index is 0.285. The van der Waals surface area contributed by atoms with Gasteiger partial charge in [0.15, 0.2) is 11.5 Å². The molecule has 0 saturated heterocycles. The highest BCUT2D eigenvalue weighted by atomic mass is 79.9. The summed E-state index contributed by atoms with van der Waals surface area (Å²) in [5.74, 6) is 0.807. The number of hydrogen-bond donors (Lipinski definition) is 1. The van der Waals surface area contributed by atoms with Crippen LogP contribution in [0.3, 0.4) is 0 Å². The molecule has 106 valence electrons. The zero-order valence-corrected chi connectivity index (χ0v) is 13.1. The van der Waals surface area contributed by atoms with Crippen LogP contribution in [0.15, 0.2) is 35.3 Å². The number of imidazole rings is 1. The normalized spacial score (nSPS) is 17.1. The molecule has 0 bridgehead atoms. The number of halogens is 1. The first kappa shape index (κ1) is 12.8. The second-order valence-corrected chi connectivity index (χ2v) is 6.24. The molecular weight excluding hydrogens is 330 g/mol. The van der Waals surface area contributed by atoms with Gasteiger partial charge >= 0.3 is 0 Å². The Morgan fingerprint density at radius 3 is 3.10 bits per heavy atom. The van der Waals surface area contributed by atoms with Gasteiger partial charge in [0.1, 0.15) is 11.8 Å². The van der Waals surface area contributed by atoms with Crippen molar-refractivity contribution in [1.82, 2.24) is 19.5 Å². The zero-order valence-electron chi connectivity index (χ0n) is 11.5. The highest BCUT2D eigenvalue weighted by Crippen LogP contribution is 2.35. The third-order valence-corrected chi connectivity index (χ3v) is 4.48. The van der Waals surface area contributed by atoms with Gasteiger partial charge in [0.05, 0.1) is 12.4 Å². The maximum atomic E-state index is 4.40. The first-order valence-corrected chi connectivity index (χ1v) is 7.68. The number of nitrogens with one attached hydrogen (secondary N) is 1. The maximum absolute atomic E-state index is 4.40. The van der Waals surface area contributed by atoms with Crippen LogP contribution in [0.1, 0.15) is 23.6 Å². The van der Waals surface area contributed by atoms with Crippen LogP contribution in [-0.4, -0.2) is 19.5 Å². The van der Waals surface area contributed by atoms with E-state index in [0.717, 1.165) is 34.3 Å². The Bertz CT molecular complexity index is 826. The van der Waals surface area contributed by atoms with Crippen molar-refractivity contribution in [1.29, 1.82) is 0 Å². The van der Waals surface area contributed by atoms with E-state index in [9.17, 15) is 0 Å². The van der Waals surface area contributed by atoms with Gasteiger partial charge in [-0.25, -0.2) is 15.0 Å². The van der Waals surface area contributed by atoms with E-state index < -0.39 is 0 Å². The fourth-order valence-electron chi connectivity index (χ4n) is 2.95. The number of rotatable bonds is 2. The molecule has 1 N–H and O–H groups in total. The maximum Gasteiger partial charge on any atom is 0.165 e. The van der Waals surface area contributed by atoms with E-state index >= 15 is 0 Å². The SMILES string of the molecule is Cn1cnc2c(N[C@@H]3CCc4cc(Br)ccc43)ncnc21. The third-order valence-electron chi connectivity index (χ3n) is 3.99. The number of nitrogens with zero attached hydrogens (tertiary/aromatic N) is 4. The molecule has 1 aromatic carbocycles. The van der Waals surface area contributed by atoms with Crippen molar-refractivity contribution in [2.75, 3.05) is 5.32 Å². The van der Waals surface area contributed by atoms with Crippen LogP contribution >= 0.6 is 15.9 Å². The molecular formula is C15H14BrN5. The summed E-state index contributed by atoms with van der Waals surface area (Å²) in [4.78, 5) is 13.0. The topological polar surface area (TPSA) is 55.6 Å². The molecule has 6 heteroatoms. The van der Waals surface area contributed by atoms with Crippen LogP contribution in [0.4, 0.5) is 5.82 Å². The van der Waals surface area contributed by atoms with E-state index in [2.05, 4.69) is 54.4 Å². The minimum atomic E-state index is 0.285. The lowest BCUT2D eigenvalue weighted by molar-refractivity contribution is 0.758. The Hall–Kier alpha value is -1.95. The molecule has 21 heavy (non-hydrogen) atoms. The molecule has 0 unspecified atom stereocenters. The molecule has 2 aromatic heterocycles. The second-order valence-electron chi connectivity index (χ2n) is 5.33. The summed E-state index contributed by atoms with van der Waals surface area (Å²) in [5, 5.41) is 3.53. The van der Waals surface area contributed by atoms with E-state index in [1.807, 2.05) is 11.6 Å². The molecule has 1 aliphatic rings. The Kier molecular flexibility index (Phi) is 2.92. The molecule has 0 amide bonds. The van der Waals surface area contributed by atoms with E-state index in [4.69, 9.17) is 0 Å². The van der Waals surface area contributed by atoms with Crippen LogP contribution in [0.5, 0.6) is 0 Å². The summed E-state index contributed by atoms with van der Waals surface area (Å²) in [7, 11) is 1.94. The van der Waals surface area contributed by atoms with Crippen LogP contribution in [-0.2, 0) is 13.5 Å². The van der Waals surface area contributed by atoms with Crippen LogP contribution in [0, 0.1) is 0 Å². The molecule has 0 aliphatic heterocycles. The molecule has 1 aliphatic carbocycles. The van der Waals surface area contributed by atoms with Crippen molar-refractivity contribution in [3.05, 3.63) is 46.5 Å². The second kappa shape index (κ2) is 4.80. The van der Waals surface area contributed by atoms with E-state index in [0.29, 0.717) is 0 Å². The average molecular weight is 344 g/mol. The molecule has 1 atom stereocenters. The molecule has 0 saturated carbocycles. The van der Waals surface area contributed by atoms with Crippen molar-refractivity contribution < 1.29 is 0 Å². The largest absolute Gasteiger partial charge is 0.361 e. The van der Waals surface area contributed by atoms with Gasteiger partial charge in [-0.2, -0.15) is 0 Å². The molecule has 5 nitrogen and oxygen atoms in total. The van der Waals surface area contributed by atoms with Gasteiger partial charge in [-0.1, -0.05) is 22.0 Å². The third kappa shape index (κ3) is 2.10. The van der Waals surface area contributed by atoms with Crippen molar-refractivity contribution in [2.24, 2.45) is 7.05 Å². The number of aromatic nitrogens is 4. The minimum Gasteiger partial charge on any atom is -0.361 e. The fraction of sp³-hybridized carbons (Fsp3) is 0.267. The molecule has 0 fully saturated rings. The quantitative estimate of drug-likeness (QED) is 0.776. The predicted octanol–water partition coefficient (Wildman–Crippen LogP) is 3.23. The highest BCUT2D eigenvalue weighted by molar-refractivity contribution is 9.10. The van der Waals surface area contributed by atoms with Crippen molar-refractivity contribution in [2.45, 2.75) is 18.9 Å². The highest BCUT2D eigenvalue weighted by Gasteiger charge is 2.23. The Labute approximate surface area is 130 Å². The average Bonchev–Trinajstić information content (AvgIpc) is 3.04. The molecule has 0 spiro atoms. The van der Waals surface area contributed by atoms with Gasteiger partial charge in [0, 0.05) is 11.5 Å². The summed E-state index contributed by atoms with van der Waals surface area (Å²) in [5.41, 5.74) is 4.42. The fourth-order valence-corrected chi connectivity index (χ4v) is 3.36.